The first-order valence-corrected chi connectivity index (χ1v) is 11.3. The number of benzene rings is 2. The van der Waals surface area contributed by atoms with Gasteiger partial charge in [0, 0.05) is 11.7 Å². The van der Waals surface area contributed by atoms with Crippen molar-refractivity contribution >= 4 is 34.8 Å². The van der Waals surface area contributed by atoms with Gasteiger partial charge in [-0.2, -0.15) is 26.3 Å². The lowest BCUT2D eigenvalue weighted by Crippen LogP contribution is -2.48. The number of carbonyl (C=O) groups is 2. The van der Waals surface area contributed by atoms with Gasteiger partial charge in [-0.15, -0.1) is 6.42 Å². The van der Waals surface area contributed by atoms with Crippen molar-refractivity contribution in [1.82, 2.24) is 0 Å². The van der Waals surface area contributed by atoms with Gasteiger partial charge < -0.3 is 4.90 Å². The summed E-state index contributed by atoms with van der Waals surface area (Å²) >= 11 is 6.22. The lowest BCUT2D eigenvalue weighted by Gasteiger charge is -2.36. The van der Waals surface area contributed by atoms with Gasteiger partial charge in [-0.1, -0.05) is 36.9 Å². The van der Waals surface area contributed by atoms with Crippen molar-refractivity contribution in [1.29, 1.82) is 0 Å². The molecule has 0 spiro atoms. The van der Waals surface area contributed by atoms with Crippen molar-refractivity contribution in [3.8, 4) is 12.3 Å². The Bertz CT molecular complexity index is 1170. The summed E-state index contributed by atoms with van der Waals surface area (Å²) in [5.74, 6) is -0.126. The zero-order valence-electron chi connectivity index (χ0n) is 18.8. The smallest absolute Gasteiger partial charge is 0.306 e. The third-order valence-electron chi connectivity index (χ3n) is 5.89. The molecule has 0 aromatic heterocycles. The summed E-state index contributed by atoms with van der Waals surface area (Å²) in [6.07, 6.45) is -0.967. The number of hydrogen-bond acceptors (Lipinski definition) is 2. The molecule has 2 aromatic rings. The van der Waals surface area contributed by atoms with E-state index >= 15 is 0 Å². The molecule has 1 aliphatic rings. The van der Waals surface area contributed by atoms with Gasteiger partial charge in [0.25, 0.3) is 0 Å². The molecule has 1 fully saturated rings. The standard InChI is InChI=1S/C25H21ClF6N2O2/c1-2-22(35)33(19-10-6-7-16(13-19)24(27,28)29)15-23(36)34(18-8-4-3-5-9-18)21-14-17(25(30,31)32)11-12-20(21)26/h1,6-7,10-14,18H,3-5,8-9,15H2. The van der Waals surface area contributed by atoms with E-state index in [1.165, 1.54) is 6.07 Å². The summed E-state index contributed by atoms with van der Waals surface area (Å²) in [6.45, 7) is -0.798. The molecular weight excluding hydrogens is 510 g/mol. The van der Waals surface area contributed by atoms with Crippen molar-refractivity contribution in [3.05, 3.63) is 58.6 Å². The molecule has 36 heavy (non-hydrogen) atoms. The fraction of sp³-hybridized carbons (Fsp3) is 0.360. The van der Waals surface area contributed by atoms with E-state index in [4.69, 9.17) is 18.0 Å². The maximum absolute atomic E-state index is 13.5. The molecule has 0 N–H and O–H groups in total. The Morgan fingerprint density at radius 3 is 2.14 bits per heavy atom. The van der Waals surface area contributed by atoms with E-state index in [9.17, 15) is 35.9 Å². The van der Waals surface area contributed by atoms with Crippen LogP contribution in [0.2, 0.25) is 5.02 Å². The molecule has 0 saturated heterocycles. The van der Waals surface area contributed by atoms with Crippen molar-refractivity contribution in [2.24, 2.45) is 0 Å². The number of carbonyl (C=O) groups excluding carboxylic acids is 2. The Morgan fingerprint density at radius 2 is 1.56 bits per heavy atom. The van der Waals surface area contributed by atoms with E-state index in [1.54, 1.807) is 5.92 Å². The van der Waals surface area contributed by atoms with Gasteiger partial charge in [0.05, 0.1) is 21.8 Å². The molecule has 0 unspecified atom stereocenters. The number of rotatable bonds is 5. The molecule has 0 aliphatic heterocycles. The average molecular weight is 531 g/mol. The van der Waals surface area contributed by atoms with E-state index in [-0.39, 0.29) is 16.4 Å². The summed E-state index contributed by atoms with van der Waals surface area (Å²) in [4.78, 5) is 27.8. The minimum atomic E-state index is -4.72. The van der Waals surface area contributed by atoms with E-state index in [0.29, 0.717) is 36.6 Å². The predicted octanol–water partition coefficient (Wildman–Crippen LogP) is 6.71. The number of halogens is 7. The van der Waals surface area contributed by atoms with Gasteiger partial charge >= 0.3 is 18.3 Å². The highest BCUT2D eigenvalue weighted by Crippen LogP contribution is 2.38. The van der Waals surface area contributed by atoms with Crippen LogP contribution in [0.1, 0.15) is 43.2 Å². The van der Waals surface area contributed by atoms with Gasteiger partial charge in [0.15, 0.2) is 0 Å². The van der Waals surface area contributed by atoms with Gasteiger partial charge in [0.1, 0.15) is 6.54 Å². The van der Waals surface area contributed by atoms with Crippen LogP contribution < -0.4 is 9.80 Å². The van der Waals surface area contributed by atoms with Crippen LogP contribution in [0.15, 0.2) is 42.5 Å². The van der Waals surface area contributed by atoms with Crippen molar-refractivity contribution in [2.75, 3.05) is 16.3 Å². The Hall–Kier alpha value is -3.19. The fourth-order valence-electron chi connectivity index (χ4n) is 4.17. The highest BCUT2D eigenvalue weighted by atomic mass is 35.5. The zero-order chi connectivity index (χ0) is 26.7. The monoisotopic (exact) mass is 530 g/mol. The molecule has 0 radical (unpaired) electrons. The summed E-state index contributed by atoms with van der Waals surface area (Å²) in [6, 6.07) is 5.75. The van der Waals surface area contributed by atoms with Crippen LogP contribution in [-0.2, 0) is 21.9 Å². The molecule has 0 heterocycles. The lowest BCUT2D eigenvalue weighted by atomic mass is 9.93. The Kier molecular flexibility index (Phi) is 8.24. The highest BCUT2D eigenvalue weighted by molar-refractivity contribution is 6.34. The molecule has 2 aromatic carbocycles. The summed E-state index contributed by atoms with van der Waals surface area (Å²) < 4.78 is 79.9. The van der Waals surface area contributed by atoms with Crippen LogP contribution in [0.4, 0.5) is 37.7 Å². The lowest BCUT2D eigenvalue weighted by molar-refractivity contribution is -0.138. The first kappa shape index (κ1) is 27.4. The highest BCUT2D eigenvalue weighted by Gasteiger charge is 2.36. The van der Waals surface area contributed by atoms with Crippen molar-refractivity contribution < 1.29 is 35.9 Å². The normalized spacial score (nSPS) is 14.7. The molecule has 3 rings (SSSR count). The molecule has 11 heteroatoms. The van der Waals surface area contributed by atoms with Crippen LogP contribution in [0.25, 0.3) is 0 Å². The summed E-state index contributed by atoms with van der Waals surface area (Å²) in [7, 11) is 0. The zero-order valence-corrected chi connectivity index (χ0v) is 19.6. The second-order valence-corrected chi connectivity index (χ2v) is 8.71. The molecule has 0 bridgehead atoms. The van der Waals surface area contributed by atoms with Gasteiger partial charge in [-0.25, -0.2) is 0 Å². The predicted molar refractivity (Wildman–Crippen MR) is 123 cm³/mol. The SMILES string of the molecule is C#CC(=O)N(CC(=O)N(c1cc(C(F)(F)F)ccc1Cl)C1CCCCC1)c1cccc(C(F)(F)F)c1. The second kappa shape index (κ2) is 10.8. The van der Waals surface area contributed by atoms with Crippen LogP contribution in [0, 0.1) is 12.3 Å². The largest absolute Gasteiger partial charge is 0.416 e. The van der Waals surface area contributed by atoms with Gasteiger partial charge in [0.2, 0.25) is 5.91 Å². The molecule has 0 atom stereocenters. The molecule has 192 valence electrons. The van der Waals surface area contributed by atoms with Crippen LogP contribution in [-0.4, -0.2) is 24.4 Å². The number of alkyl halides is 6. The van der Waals surface area contributed by atoms with Crippen LogP contribution in [0.5, 0.6) is 0 Å². The van der Waals surface area contributed by atoms with E-state index in [0.717, 1.165) is 41.7 Å². The third-order valence-corrected chi connectivity index (χ3v) is 6.21. The quantitative estimate of drug-likeness (QED) is 0.318. The number of terminal acetylenes is 1. The second-order valence-electron chi connectivity index (χ2n) is 8.30. The third kappa shape index (κ3) is 6.32. The first-order valence-electron chi connectivity index (χ1n) is 11.0. The Morgan fingerprint density at radius 1 is 0.944 bits per heavy atom. The minimum absolute atomic E-state index is 0.115. The van der Waals surface area contributed by atoms with E-state index in [2.05, 4.69) is 0 Å². The maximum atomic E-state index is 13.5. The minimum Gasteiger partial charge on any atom is -0.306 e. The molecule has 1 aliphatic carbocycles. The Balaban J connectivity index is 2.05. The molecule has 2 amide bonds. The maximum Gasteiger partial charge on any atom is 0.416 e. The van der Waals surface area contributed by atoms with Gasteiger partial charge in [-0.3, -0.25) is 14.5 Å². The number of hydrogen-bond donors (Lipinski definition) is 0. The molecule has 1 saturated carbocycles. The van der Waals surface area contributed by atoms with Crippen molar-refractivity contribution in [3.63, 3.8) is 0 Å². The van der Waals surface area contributed by atoms with Crippen LogP contribution >= 0.6 is 11.6 Å². The summed E-state index contributed by atoms with van der Waals surface area (Å²) in [5.41, 5.74) is -2.56. The van der Waals surface area contributed by atoms with Gasteiger partial charge in [-0.05, 0) is 55.2 Å². The summed E-state index contributed by atoms with van der Waals surface area (Å²) in [5, 5.41) is -0.115. The average Bonchev–Trinajstić information content (AvgIpc) is 2.83. The van der Waals surface area contributed by atoms with Crippen molar-refractivity contribution in [2.45, 2.75) is 50.5 Å². The first-order chi connectivity index (χ1) is 16.8. The fourth-order valence-corrected chi connectivity index (χ4v) is 4.38. The number of anilines is 2. The topological polar surface area (TPSA) is 40.6 Å². The molecular formula is C25H21ClF6N2O2. The number of nitrogens with zero attached hydrogens (tertiary/aromatic N) is 2. The number of amides is 2. The van der Waals surface area contributed by atoms with E-state index < -0.39 is 47.9 Å². The Labute approximate surface area is 208 Å². The van der Waals surface area contributed by atoms with E-state index in [1.807, 2.05) is 0 Å². The molecule has 4 nitrogen and oxygen atoms in total. The van der Waals surface area contributed by atoms with Crippen LogP contribution in [0.3, 0.4) is 0 Å².